The minimum atomic E-state index is -3.32. The van der Waals surface area contributed by atoms with E-state index in [4.69, 9.17) is 16.3 Å². The van der Waals surface area contributed by atoms with E-state index in [0.29, 0.717) is 11.6 Å². The van der Waals surface area contributed by atoms with Crippen molar-refractivity contribution in [3.63, 3.8) is 0 Å². The minimum Gasteiger partial charge on any atom is -0.365 e. The molecule has 0 aliphatic rings. The Morgan fingerprint density at radius 2 is 1.86 bits per heavy atom. The first-order valence-electron chi connectivity index (χ1n) is 4.12. The second kappa shape index (κ2) is 4.77. The third-order valence-electron chi connectivity index (χ3n) is 1.62. The van der Waals surface area contributed by atoms with Crippen LogP contribution in [0, 0.1) is 0 Å². The molecule has 0 aromatic heterocycles. The van der Waals surface area contributed by atoms with E-state index in [0.717, 1.165) is 0 Å². The van der Waals surface area contributed by atoms with E-state index in [9.17, 15) is 8.42 Å². The molecule has 0 saturated carbocycles. The smallest absolute Gasteiger partial charge is 0.202 e. The maximum atomic E-state index is 11.5. The molecule has 5 heteroatoms. The lowest BCUT2D eigenvalue weighted by Crippen LogP contribution is -2.09. The Hall–Kier alpha value is -0.580. The van der Waals surface area contributed by atoms with Crippen molar-refractivity contribution in [1.29, 1.82) is 0 Å². The molecule has 0 N–H and O–H groups in total. The molecule has 0 bridgehead atoms. The Bertz CT molecular complexity index is 383. The summed E-state index contributed by atoms with van der Waals surface area (Å²) in [5.41, 5.74) is 0. The topological polar surface area (TPSA) is 43.4 Å². The van der Waals surface area contributed by atoms with Crippen LogP contribution in [-0.4, -0.2) is 21.0 Å². The fraction of sp³-hybridized carbons (Fsp3) is 0.333. The van der Waals surface area contributed by atoms with E-state index in [2.05, 4.69) is 0 Å². The van der Waals surface area contributed by atoms with Crippen molar-refractivity contribution in [2.24, 2.45) is 0 Å². The molecule has 0 saturated heterocycles. The number of hydrogen-bond donors (Lipinski definition) is 0. The predicted molar refractivity (Wildman–Crippen MR) is 55.1 cm³/mol. The van der Waals surface area contributed by atoms with Gasteiger partial charge in [-0.1, -0.05) is 11.6 Å². The van der Waals surface area contributed by atoms with E-state index in [1.54, 1.807) is 19.1 Å². The van der Waals surface area contributed by atoms with Gasteiger partial charge in [0.25, 0.3) is 0 Å². The summed E-state index contributed by atoms with van der Waals surface area (Å²) in [6.07, 6.45) is 0. The first-order valence-corrected chi connectivity index (χ1v) is 6.15. The molecule has 0 heterocycles. The molecule has 0 unspecified atom stereocenters. The average molecular weight is 235 g/mol. The minimum absolute atomic E-state index is 0.232. The van der Waals surface area contributed by atoms with E-state index in [1.165, 1.54) is 12.1 Å². The van der Waals surface area contributed by atoms with Crippen molar-refractivity contribution in [3.8, 4) is 0 Å². The molecular weight excluding hydrogens is 224 g/mol. The molecule has 1 aromatic carbocycles. The van der Waals surface area contributed by atoms with Crippen molar-refractivity contribution in [2.45, 2.75) is 11.8 Å². The first-order chi connectivity index (χ1) is 6.56. The quantitative estimate of drug-likeness (QED) is 0.802. The predicted octanol–water partition coefficient (Wildman–Crippen LogP) is 2.11. The summed E-state index contributed by atoms with van der Waals surface area (Å²) in [6.45, 7) is 2.13. The van der Waals surface area contributed by atoms with Gasteiger partial charge < -0.3 is 4.74 Å². The molecular formula is C9H11ClO3S. The van der Waals surface area contributed by atoms with Crippen molar-refractivity contribution in [2.75, 3.05) is 12.5 Å². The summed E-state index contributed by atoms with van der Waals surface area (Å²) < 4.78 is 27.9. The average Bonchev–Trinajstić information content (AvgIpc) is 2.16. The summed E-state index contributed by atoms with van der Waals surface area (Å²) in [7, 11) is -3.32. The van der Waals surface area contributed by atoms with Crippen LogP contribution in [0.25, 0.3) is 0 Å². The van der Waals surface area contributed by atoms with Crippen LogP contribution in [0.4, 0.5) is 0 Å². The van der Waals surface area contributed by atoms with Gasteiger partial charge in [0.15, 0.2) is 5.94 Å². The Balaban J connectivity index is 2.87. The van der Waals surface area contributed by atoms with Crippen molar-refractivity contribution in [3.05, 3.63) is 29.3 Å². The number of sulfone groups is 1. The van der Waals surface area contributed by atoms with Crippen molar-refractivity contribution < 1.29 is 13.2 Å². The largest absolute Gasteiger partial charge is 0.365 e. The number of benzene rings is 1. The Morgan fingerprint density at radius 1 is 1.29 bits per heavy atom. The summed E-state index contributed by atoms with van der Waals surface area (Å²) in [5.74, 6) is -0.287. The summed E-state index contributed by atoms with van der Waals surface area (Å²) in [5, 5.41) is 0.514. The van der Waals surface area contributed by atoms with E-state index in [-0.39, 0.29) is 10.8 Å². The van der Waals surface area contributed by atoms with Crippen molar-refractivity contribution >= 4 is 21.4 Å². The van der Waals surface area contributed by atoms with Gasteiger partial charge >= 0.3 is 0 Å². The van der Waals surface area contributed by atoms with Gasteiger partial charge in [-0.25, -0.2) is 8.42 Å². The number of halogens is 1. The molecule has 0 amide bonds. The lowest BCUT2D eigenvalue weighted by atomic mass is 10.4. The molecule has 1 rings (SSSR count). The zero-order valence-electron chi connectivity index (χ0n) is 7.73. The molecule has 14 heavy (non-hydrogen) atoms. The maximum absolute atomic E-state index is 11.5. The summed E-state index contributed by atoms with van der Waals surface area (Å²) in [4.78, 5) is 0.232. The number of hydrogen-bond acceptors (Lipinski definition) is 3. The van der Waals surface area contributed by atoms with Gasteiger partial charge in [0.1, 0.15) is 0 Å². The van der Waals surface area contributed by atoms with Gasteiger partial charge in [-0.15, -0.1) is 0 Å². The molecule has 0 aliphatic carbocycles. The van der Waals surface area contributed by atoms with Crippen molar-refractivity contribution in [1.82, 2.24) is 0 Å². The zero-order valence-corrected chi connectivity index (χ0v) is 9.31. The van der Waals surface area contributed by atoms with Crippen LogP contribution in [0.2, 0.25) is 5.02 Å². The Labute approximate surface area is 88.6 Å². The van der Waals surface area contributed by atoms with Gasteiger partial charge in [0.05, 0.1) is 4.90 Å². The van der Waals surface area contributed by atoms with Crippen LogP contribution in [0.5, 0.6) is 0 Å². The highest BCUT2D eigenvalue weighted by molar-refractivity contribution is 7.91. The first kappa shape index (κ1) is 11.5. The highest BCUT2D eigenvalue weighted by Crippen LogP contribution is 2.15. The summed E-state index contributed by atoms with van der Waals surface area (Å²) >= 11 is 5.64. The third-order valence-corrected chi connectivity index (χ3v) is 3.33. The van der Waals surface area contributed by atoms with Gasteiger partial charge in [0, 0.05) is 11.6 Å². The maximum Gasteiger partial charge on any atom is 0.202 e. The normalized spacial score (nSPS) is 11.6. The highest BCUT2D eigenvalue weighted by Gasteiger charge is 2.13. The van der Waals surface area contributed by atoms with Crippen LogP contribution < -0.4 is 0 Å². The number of ether oxygens (including phenoxy) is 1. The van der Waals surface area contributed by atoms with E-state index in [1.807, 2.05) is 0 Å². The molecule has 0 atom stereocenters. The highest BCUT2D eigenvalue weighted by atomic mass is 35.5. The van der Waals surface area contributed by atoms with Gasteiger partial charge in [-0.2, -0.15) is 0 Å². The van der Waals surface area contributed by atoms with E-state index >= 15 is 0 Å². The number of rotatable bonds is 4. The third kappa shape index (κ3) is 2.97. The molecule has 0 spiro atoms. The van der Waals surface area contributed by atoms with Gasteiger partial charge in [-0.05, 0) is 31.2 Å². The standard InChI is InChI=1S/C9H11ClO3S/c1-2-13-7-14(11,12)9-5-3-8(10)4-6-9/h3-6H,2,7H2,1H3. The second-order valence-corrected chi connectivity index (χ2v) is 5.05. The zero-order chi connectivity index (χ0) is 10.6. The monoisotopic (exact) mass is 234 g/mol. The van der Waals surface area contributed by atoms with Gasteiger partial charge in [-0.3, -0.25) is 0 Å². The molecule has 1 aromatic rings. The lowest BCUT2D eigenvalue weighted by Gasteiger charge is -2.03. The summed E-state index contributed by atoms with van der Waals surface area (Å²) in [6, 6.07) is 6.02. The lowest BCUT2D eigenvalue weighted by molar-refractivity contribution is 0.192. The molecule has 0 radical (unpaired) electrons. The fourth-order valence-electron chi connectivity index (χ4n) is 0.903. The molecule has 0 fully saturated rings. The van der Waals surface area contributed by atoms with Crippen LogP contribution >= 0.6 is 11.6 Å². The molecule has 0 aliphatic heterocycles. The Kier molecular flexibility index (Phi) is 3.92. The van der Waals surface area contributed by atoms with Crippen LogP contribution in [0.15, 0.2) is 29.2 Å². The van der Waals surface area contributed by atoms with Crippen LogP contribution in [-0.2, 0) is 14.6 Å². The molecule has 3 nitrogen and oxygen atoms in total. The fourth-order valence-corrected chi connectivity index (χ4v) is 2.10. The van der Waals surface area contributed by atoms with Crippen LogP contribution in [0.3, 0.4) is 0 Å². The SMILES string of the molecule is CCOCS(=O)(=O)c1ccc(Cl)cc1. The van der Waals surface area contributed by atoms with E-state index < -0.39 is 9.84 Å². The second-order valence-electron chi connectivity index (χ2n) is 2.68. The molecule has 78 valence electrons. The van der Waals surface area contributed by atoms with Crippen LogP contribution in [0.1, 0.15) is 6.92 Å². The Morgan fingerprint density at radius 3 is 2.36 bits per heavy atom. The van der Waals surface area contributed by atoms with Gasteiger partial charge in [0.2, 0.25) is 9.84 Å².